The van der Waals surface area contributed by atoms with Crippen LogP contribution in [-0.4, -0.2) is 24.2 Å². The number of rotatable bonds is 6. The van der Waals surface area contributed by atoms with Crippen molar-refractivity contribution in [2.75, 3.05) is 18.5 Å². The van der Waals surface area contributed by atoms with Crippen LogP contribution in [0.4, 0.5) is 5.69 Å². The van der Waals surface area contributed by atoms with Crippen LogP contribution >= 0.6 is 0 Å². The van der Waals surface area contributed by atoms with Gasteiger partial charge in [-0.3, -0.25) is 0 Å². The molecule has 0 bridgehead atoms. The van der Waals surface area contributed by atoms with Gasteiger partial charge in [0, 0.05) is 12.2 Å². The molecule has 0 saturated carbocycles. The highest BCUT2D eigenvalue weighted by molar-refractivity contribution is 5.94. The molecular weight excluding hydrogens is 266 g/mol. The summed E-state index contributed by atoms with van der Waals surface area (Å²) in [6.07, 6.45) is 0. The third kappa shape index (κ3) is 3.75. The van der Waals surface area contributed by atoms with Crippen molar-refractivity contribution in [2.45, 2.75) is 13.8 Å². The monoisotopic (exact) mass is 285 g/mol. The van der Waals surface area contributed by atoms with E-state index in [0.717, 1.165) is 11.3 Å². The van der Waals surface area contributed by atoms with Gasteiger partial charge in [-0.2, -0.15) is 0 Å². The number of carbonyl (C=O) groups is 1. The van der Waals surface area contributed by atoms with E-state index in [1.54, 1.807) is 24.3 Å². The van der Waals surface area contributed by atoms with Crippen molar-refractivity contribution < 1.29 is 14.6 Å². The van der Waals surface area contributed by atoms with Crippen LogP contribution in [0.25, 0.3) is 0 Å². The molecule has 0 spiro atoms. The second-order valence-electron chi connectivity index (χ2n) is 4.82. The van der Waals surface area contributed by atoms with E-state index in [2.05, 4.69) is 5.32 Å². The fraction of sp³-hybridized carbons (Fsp3) is 0.235. The van der Waals surface area contributed by atoms with E-state index in [-0.39, 0.29) is 5.56 Å². The Bertz CT molecular complexity index is 638. The Morgan fingerprint density at radius 3 is 2.67 bits per heavy atom. The van der Waals surface area contributed by atoms with Gasteiger partial charge in [-0.1, -0.05) is 24.3 Å². The number of ether oxygens (including phenoxy) is 1. The molecule has 2 N–H and O–H groups in total. The van der Waals surface area contributed by atoms with Crippen LogP contribution in [-0.2, 0) is 0 Å². The lowest BCUT2D eigenvalue weighted by Crippen LogP contribution is -2.14. The highest BCUT2D eigenvalue weighted by Crippen LogP contribution is 2.20. The van der Waals surface area contributed by atoms with Crippen LogP contribution in [0, 0.1) is 13.8 Å². The van der Waals surface area contributed by atoms with Gasteiger partial charge in [0.15, 0.2) is 0 Å². The minimum absolute atomic E-state index is 0.268. The van der Waals surface area contributed by atoms with Crippen molar-refractivity contribution in [2.24, 2.45) is 0 Å². The predicted octanol–water partition coefficient (Wildman–Crippen LogP) is 3.49. The lowest BCUT2D eigenvalue weighted by Gasteiger charge is -2.13. The topological polar surface area (TPSA) is 58.6 Å². The zero-order chi connectivity index (χ0) is 15.2. The first-order valence-corrected chi connectivity index (χ1v) is 6.85. The standard InChI is InChI=1S/C17H19NO3/c1-12-6-5-9-16(13(12)2)21-11-10-18-15-8-4-3-7-14(15)17(19)20/h3-9,18H,10-11H2,1-2H3,(H,19,20). The molecule has 0 amide bonds. The van der Waals surface area contributed by atoms with Crippen molar-refractivity contribution in [1.82, 2.24) is 0 Å². The first-order valence-electron chi connectivity index (χ1n) is 6.85. The lowest BCUT2D eigenvalue weighted by atomic mass is 10.1. The van der Waals surface area contributed by atoms with Gasteiger partial charge in [0.25, 0.3) is 0 Å². The maximum atomic E-state index is 11.1. The fourth-order valence-electron chi connectivity index (χ4n) is 2.05. The summed E-state index contributed by atoms with van der Waals surface area (Å²) in [5, 5.41) is 12.2. The number of para-hydroxylation sites is 1. The van der Waals surface area contributed by atoms with E-state index in [9.17, 15) is 4.79 Å². The van der Waals surface area contributed by atoms with Crippen LogP contribution in [0.15, 0.2) is 42.5 Å². The second-order valence-corrected chi connectivity index (χ2v) is 4.82. The van der Waals surface area contributed by atoms with Gasteiger partial charge in [-0.25, -0.2) is 4.79 Å². The highest BCUT2D eigenvalue weighted by Gasteiger charge is 2.08. The normalized spacial score (nSPS) is 10.2. The Kier molecular flexibility index (Phi) is 4.82. The van der Waals surface area contributed by atoms with E-state index in [1.165, 1.54) is 5.56 Å². The molecule has 0 aliphatic carbocycles. The molecule has 2 aromatic carbocycles. The molecule has 0 saturated heterocycles. The molecule has 0 aliphatic heterocycles. The van der Waals surface area contributed by atoms with Crippen LogP contribution in [0.1, 0.15) is 21.5 Å². The summed E-state index contributed by atoms with van der Waals surface area (Å²) >= 11 is 0. The molecule has 0 radical (unpaired) electrons. The molecular formula is C17H19NO3. The van der Waals surface area contributed by atoms with Crippen molar-refractivity contribution in [3.8, 4) is 5.75 Å². The minimum Gasteiger partial charge on any atom is -0.491 e. The number of aryl methyl sites for hydroxylation is 1. The summed E-state index contributed by atoms with van der Waals surface area (Å²) in [6.45, 7) is 5.08. The van der Waals surface area contributed by atoms with Crippen molar-refractivity contribution >= 4 is 11.7 Å². The quantitative estimate of drug-likeness (QED) is 0.798. The zero-order valence-electron chi connectivity index (χ0n) is 12.2. The van der Waals surface area contributed by atoms with Crippen molar-refractivity contribution in [3.05, 3.63) is 59.2 Å². The first kappa shape index (κ1) is 14.9. The Balaban J connectivity index is 1.91. The number of benzene rings is 2. The second kappa shape index (κ2) is 6.79. The molecule has 0 heterocycles. The molecule has 2 aromatic rings. The summed E-state index contributed by atoms with van der Waals surface area (Å²) in [4.78, 5) is 11.1. The van der Waals surface area contributed by atoms with Crippen LogP contribution in [0.2, 0.25) is 0 Å². The van der Waals surface area contributed by atoms with E-state index in [0.29, 0.717) is 18.8 Å². The largest absolute Gasteiger partial charge is 0.491 e. The molecule has 0 fully saturated rings. The van der Waals surface area contributed by atoms with E-state index in [4.69, 9.17) is 9.84 Å². The number of hydrogen-bond donors (Lipinski definition) is 2. The molecule has 2 rings (SSSR count). The van der Waals surface area contributed by atoms with Gasteiger partial charge in [0.2, 0.25) is 0 Å². The summed E-state index contributed by atoms with van der Waals surface area (Å²) in [7, 11) is 0. The number of carboxylic acids is 1. The van der Waals surface area contributed by atoms with E-state index >= 15 is 0 Å². The Hall–Kier alpha value is -2.49. The summed E-state index contributed by atoms with van der Waals surface area (Å²) in [6, 6.07) is 12.8. The molecule has 110 valence electrons. The minimum atomic E-state index is -0.937. The first-order chi connectivity index (χ1) is 10.1. The van der Waals surface area contributed by atoms with Gasteiger partial charge >= 0.3 is 5.97 Å². The SMILES string of the molecule is Cc1cccc(OCCNc2ccccc2C(=O)O)c1C. The molecule has 21 heavy (non-hydrogen) atoms. The van der Waals surface area contributed by atoms with Crippen molar-refractivity contribution in [1.29, 1.82) is 0 Å². The third-order valence-electron chi connectivity index (χ3n) is 3.39. The van der Waals surface area contributed by atoms with E-state index in [1.807, 2.05) is 32.0 Å². The fourth-order valence-corrected chi connectivity index (χ4v) is 2.05. The third-order valence-corrected chi connectivity index (χ3v) is 3.39. The number of nitrogens with one attached hydrogen (secondary N) is 1. The van der Waals surface area contributed by atoms with Crippen LogP contribution in [0.5, 0.6) is 5.75 Å². The zero-order valence-corrected chi connectivity index (χ0v) is 12.2. The average Bonchev–Trinajstić information content (AvgIpc) is 2.48. The molecule has 0 aliphatic rings. The molecule has 0 aromatic heterocycles. The van der Waals surface area contributed by atoms with Crippen LogP contribution < -0.4 is 10.1 Å². The van der Waals surface area contributed by atoms with Gasteiger partial charge < -0.3 is 15.2 Å². The lowest BCUT2D eigenvalue weighted by molar-refractivity contribution is 0.0698. The average molecular weight is 285 g/mol. The Morgan fingerprint density at radius 2 is 1.90 bits per heavy atom. The number of anilines is 1. The summed E-state index contributed by atoms with van der Waals surface area (Å²) in [5.41, 5.74) is 3.19. The summed E-state index contributed by atoms with van der Waals surface area (Å²) < 4.78 is 5.73. The van der Waals surface area contributed by atoms with E-state index < -0.39 is 5.97 Å². The van der Waals surface area contributed by atoms with Crippen molar-refractivity contribution in [3.63, 3.8) is 0 Å². The number of carboxylic acid groups (broad SMARTS) is 1. The smallest absolute Gasteiger partial charge is 0.337 e. The maximum absolute atomic E-state index is 11.1. The van der Waals surface area contributed by atoms with Crippen LogP contribution in [0.3, 0.4) is 0 Å². The number of aromatic carboxylic acids is 1. The van der Waals surface area contributed by atoms with Gasteiger partial charge in [0.1, 0.15) is 12.4 Å². The Labute approximate surface area is 124 Å². The van der Waals surface area contributed by atoms with Gasteiger partial charge in [-0.15, -0.1) is 0 Å². The molecule has 0 unspecified atom stereocenters. The molecule has 4 heteroatoms. The maximum Gasteiger partial charge on any atom is 0.337 e. The molecule has 0 atom stereocenters. The Morgan fingerprint density at radius 1 is 1.14 bits per heavy atom. The molecule has 4 nitrogen and oxygen atoms in total. The van der Waals surface area contributed by atoms with Gasteiger partial charge in [0.05, 0.1) is 5.56 Å². The highest BCUT2D eigenvalue weighted by atomic mass is 16.5. The van der Waals surface area contributed by atoms with Gasteiger partial charge in [-0.05, 0) is 43.2 Å². The summed E-state index contributed by atoms with van der Waals surface area (Å²) in [5.74, 6) is -0.0723. The predicted molar refractivity (Wildman–Crippen MR) is 83.3 cm³/mol. The number of hydrogen-bond acceptors (Lipinski definition) is 3.